The molecule has 1 saturated carbocycles. The van der Waals surface area contributed by atoms with Crippen molar-refractivity contribution in [3.8, 4) is 0 Å². The summed E-state index contributed by atoms with van der Waals surface area (Å²) in [6, 6.07) is 0. The predicted octanol–water partition coefficient (Wildman–Crippen LogP) is 3.42. The summed E-state index contributed by atoms with van der Waals surface area (Å²) >= 11 is 1.95. The summed E-state index contributed by atoms with van der Waals surface area (Å²) < 4.78 is 0. The van der Waals surface area contributed by atoms with Crippen molar-refractivity contribution < 1.29 is 0 Å². The minimum atomic E-state index is 0.762. The van der Waals surface area contributed by atoms with Gasteiger partial charge in [0.2, 0.25) is 0 Å². The van der Waals surface area contributed by atoms with Crippen LogP contribution in [0.4, 0.5) is 5.82 Å². The molecule has 0 aliphatic heterocycles. The number of aromatic nitrogens is 2. The molecule has 2 rings (SSSR count). The number of aryl methyl sites for hydroxylation is 1. The Morgan fingerprint density at radius 2 is 2.00 bits per heavy atom. The molecule has 1 fully saturated rings. The summed E-state index contributed by atoms with van der Waals surface area (Å²) in [5.74, 6) is 1.93. The molecular weight excluding hydrogens is 230 g/mol. The average Bonchev–Trinajstić information content (AvgIpc) is 2.84. The van der Waals surface area contributed by atoms with Gasteiger partial charge in [0.1, 0.15) is 16.7 Å². The third-order valence-corrected chi connectivity index (χ3v) is 4.71. The van der Waals surface area contributed by atoms with Crippen LogP contribution in [0.25, 0.3) is 0 Å². The molecule has 3 nitrogen and oxygen atoms in total. The summed E-state index contributed by atoms with van der Waals surface area (Å²) in [5, 5.41) is 5.11. The third kappa shape index (κ3) is 2.92. The molecule has 17 heavy (non-hydrogen) atoms. The Morgan fingerprint density at radius 1 is 1.29 bits per heavy atom. The lowest BCUT2D eigenvalue weighted by Crippen LogP contribution is -2.06. The largest absolute Gasteiger partial charge is 0.373 e. The van der Waals surface area contributed by atoms with E-state index in [-0.39, 0.29) is 0 Å². The van der Waals surface area contributed by atoms with Gasteiger partial charge in [0.25, 0.3) is 0 Å². The van der Waals surface area contributed by atoms with Crippen molar-refractivity contribution in [2.75, 3.05) is 12.4 Å². The van der Waals surface area contributed by atoms with Gasteiger partial charge in [-0.1, -0.05) is 19.8 Å². The first-order chi connectivity index (χ1) is 8.24. The van der Waals surface area contributed by atoms with Crippen molar-refractivity contribution in [1.29, 1.82) is 0 Å². The molecule has 0 atom stereocenters. The fourth-order valence-electron chi connectivity index (χ4n) is 2.22. The monoisotopic (exact) mass is 251 g/mol. The second kappa shape index (κ2) is 5.71. The maximum absolute atomic E-state index is 4.67. The maximum atomic E-state index is 4.67. The number of thioether (sulfide) groups is 1. The van der Waals surface area contributed by atoms with Crippen LogP contribution in [-0.4, -0.2) is 22.3 Å². The van der Waals surface area contributed by atoms with Crippen LogP contribution in [0.15, 0.2) is 5.03 Å². The zero-order valence-electron chi connectivity index (χ0n) is 10.9. The van der Waals surface area contributed by atoms with Crippen LogP contribution in [0.3, 0.4) is 0 Å². The Bertz CT molecular complexity index is 386. The molecule has 4 heteroatoms. The van der Waals surface area contributed by atoms with E-state index in [1.54, 1.807) is 0 Å². The molecule has 1 N–H and O–H groups in total. The highest BCUT2D eigenvalue weighted by atomic mass is 32.2. The molecule has 0 spiro atoms. The lowest BCUT2D eigenvalue weighted by Gasteiger charge is -2.14. The molecule has 1 aliphatic rings. The van der Waals surface area contributed by atoms with Gasteiger partial charge in [-0.05, 0) is 19.8 Å². The van der Waals surface area contributed by atoms with Crippen LogP contribution in [-0.2, 0) is 6.42 Å². The Balaban J connectivity index is 2.24. The molecule has 0 saturated heterocycles. The quantitative estimate of drug-likeness (QED) is 0.832. The summed E-state index contributed by atoms with van der Waals surface area (Å²) in [7, 11) is 1.93. The van der Waals surface area contributed by atoms with E-state index in [0.717, 1.165) is 23.3 Å². The number of hydrogen-bond donors (Lipinski definition) is 1. The highest BCUT2D eigenvalue weighted by Gasteiger charge is 2.19. The standard InChI is InChI=1S/C13H21N3S/c1-4-11-15-12(14-3)9(2)13(16-11)17-10-7-5-6-8-10/h10H,4-8H2,1-3H3,(H,14,15,16). The van der Waals surface area contributed by atoms with Crippen molar-refractivity contribution in [3.05, 3.63) is 11.4 Å². The Hall–Kier alpha value is -0.770. The smallest absolute Gasteiger partial charge is 0.133 e. The minimum absolute atomic E-state index is 0.762. The maximum Gasteiger partial charge on any atom is 0.133 e. The lowest BCUT2D eigenvalue weighted by atomic mass is 10.3. The van der Waals surface area contributed by atoms with E-state index in [1.807, 2.05) is 18.8 Å². The van der Waals surface area contributed by atoms with Crippen molar-refractivity contribution >= 4 is 17.6 Å². The van der Waals surface area contributed by atoms with Crippen LogP contribution in [0, 0.1) is 6.92 Å². The van der Waals surface area contributed by atoms with Gasteiger partial charge in [-0.15, -0.1) is 11.8 Å². The van der Waals surface area contributed by atoms with E-state index in [9.17, 15) is 0 Å². The first-order valence-corrected chi connectivity index (χ1v) is 7.34. The van der Waals surface area contributed by atoms with Gasteiger partial charge in [0.15, 0.2) is 0 Å². The number of nitrogens with one attached hydrogen (secondary N) is 1. The van der Waals surface area contributed by atoms with Gasteiger partial charge in [-0.2, -0.15) is 0 Å². The summed E-state index contributed by atoms with van der Waals surface area (Å²) in [4.78, 5) is 9.18. The van der Waals surface area contributed by atoms with Gasteiger partial charge in [-0.3, -0.25) is 0 Å². The second-order valence-electron chi connectivity index (χ2n) is 4.55. The number of hydrogen-bond acceptors (Lipinski definition) is 4. The highest BCUT2D eigenvalue weighted by Crippen LogP contribution is 2.36. The molecule has 0 unspecified atom stereocenters. The molecule has 0 amide bonds. The van der Waals surface area contributed by atoms with Gasteiger partial charge < -0.3 is 5.32 Å². The first-order valence-electron chi connectivity index (χ1n) is 6.46. The minimum Gasteiger partial charge on any atom is -0.373 e. The molecule has 1 heterocycles. The Kier molecular flexibility index (Phi) is 4.26. The SMILES string of the molecule is CCc1nc(NC)c(C)c(SC2CCCC2)n1. The van der Waals surface area contributed by atoms with Crippen molar-refractivity contribution in [2.24, 2.45) is 0 Å². The predicted molar refractivity (Wildman–Crippen MR) is 73.8 cm³/mol. The highest BCUT2D eigenvalue weighted by molar-refractivity contribution is 7.99. The van der Waals surface area contributed by atoms with Crippen LogP contribution in [0.1, 0.15) is 44.0 Å². The molecule has 0 bridgehead atoms. The average molecular weight is 251 g/mol. The van der Waals surface area contributed by atoms with E-state index in [0.29, 0.717) is 0 Å². The van der Waals surface area contributed by atoms with Crippen LogP contribution >= 0.6 is 11.8 Å². The molecular formula is C13H21N3S. The van der Waals surface area contributed by atoms with E-state index in [1.165, 1.54) is 36.3 Å². The molecule has 94 valence electrons. The number of nitrogens with zero attached hydrogens (tertiary/aromatic N) is 2. The molecule has 0 radical (unpaired) electrons. The Morgan fingerprint density at radius 3 is 2.59 bits per heavy atom. The van der Waals surface area contributed by atoms with Crippen LogP contribution < -0.4 is 5.32 Å². The van der Waals surface area contributed by atoms with Gasteiger partial charge >= 0.3 is 0 Å². The van der Waals surface area contributed by atoms with Gasteiger partial charge in [0, 0.05) is 24.3 Å². The summed E-state index contributed by atoms with van der Waals surface area (Å²) in [6.07, 6.45) is 6.32. The lowest BCUT2D eigenvalue weighted by molar-refractivity contribution is 0.858. The summed E-state index contributed by atoms with van der Waals surface area (Å²) in [6.45, 7) is 4.22. The van der Waals surface area contributed by atoms with Crippen molar-refractivity contribution in [3.63, 3.8) is 0 Å². The van der Waals surface area contributed by atoms with E-state index < -0.39 is 0 Å². The van der Waals surface area contributed by atoms with Crippen LogP contribution in [0.5, 0.6) is 0 Å². The fraction of sp³-hybridized carbons (Fsp3) is 0.692. The molecule has 1 aliphatic carbocycles. The zero-order valence-corrected chi connectivity index (χ0v) is 11.7. The normalized spacial score (nSPS) is 16.4. The number of rotatable bonds is 4. The Labute approximate surface area is 108 Å². The first kappa shape index (κ1) is 12.7. The topological polar surface area (TPSA) is 37.8 Å². The van der Waals surface area contributed by atoms with Crippen LogP contribution in [0.2, 0.25) is 0 Å². The third-order valence-electron chi connectivity index (χ3n) is 3.28. The second-order valence-corrected chi connectivity index (χ2v) is 5.84. The van der Waals surface area contributed by atoms with Crippen molar-refractivity contribution in [2.45, 2.75) is 56.2 Å². The van der Waals surface area contributed by atoms with Crippen molar-refractivity contribution in [1.82, 2.24) is 9.97 Å². The van der Waals surface area contributed by atoms with Gasteiger partial charge in [0.05, 0.1) is 0 Å². The molecule has 1 aromatic heterocycles. The van der Waals surface area contributed by atoms with Gasteiger partial charge in [-0.25, -0.2) is 9.97 Å². The van der Waals surface area contributed by atoms with E-state index in [2.05, 4.69) is 29.1 Å². The fourth-order valence-corrected chi connectivity index (χ4v) is 3.54. The van der Waals surface area contributed by atoms with E-state index >= 15 is 0 Å². The van der Waals surface area contributed by atoms with E-state index in [4.69, 9.17) is 0 Å². The summed E-state index contributed by atoms with van der Waals surface area (Å²) in [5.41, 5.74) is 1.20. The number of anilines is 1. The molecule has 0 aromatic carbocycles. The zero-order chi connectivity index (χ0) is 12.3. The molecule has 1 aromatic rings.